The normalized spacial score (nSPS) is 17.5. The summed E-state index contributed by atoms with van der Waals surface area (Å²) in [6, 6.07) is 0. The van der Waals surface area contributed by atoms with Crippen LogP contribution in [0.4, 0.5) is 0 Å². The molecule has 2 N–H and O–H groups in total. The largest absolute Gasteiger partial charge is 0.370 e. The van der Waals surface area contributed by atoms with Crippen molar-refractivity contribution in [1.82, 2.24) is 4.90 Å². The molecule has 0 saturated carbocycles. The van der Waals surface area contributed by atoms with Gasteiger partial charge in [0.1, 0.15) is 0 Å². The number of hydrogen-bond acceptors (Lipinski definition) is 3. The van der Waals surface area contributed by atoms with E-state index in [-0.39, 0.29) is 28.7 Å². The van der Waals surface area contributed by atoms with Gasteiger partial charge in [-0.1, -0.05) is 13.8 Å². The van der Waals surface area contributed by atoms with Crippen LogP contribution in [0, 0.1) is 0 Å². The summed E-state index contributed by atoms with van der Waals surface area (Å²) in [5.74, 6) is 3.09. The van der Waals surface area contributed by atoms with Crippen molar-refractivity contribution in [2.45, 2.75) is 31.4 Å². The zero-order valence-corrected chi connectivity index (χ0v) is 15.6. The Morgan fingerprint density at radius 3 is 2.33 bits per heavy atom. The first-order valence-electron chi connectivity index (χ1n) is 6.35. The van der Waals surface area contributed by atoms with Crippen LogP contribution in [0.5, 0.6) is 0 Å². The highest BCUT2D eigenvalue weighted by atomic mass is 127. The first-order valence-corrected chi connectivity index (χ1v) is 8.73. The summed E-state index contributed by atoms with van der Waals surface area (Å²) in [5.41, 5.74) is 6.08. The third-order valence-electron chi connectivity index (χ3n) is 3.59. The second-order valence-corrected chi connectivity index (χ2v) is 6.87. The minimum Gasteiger partial charge on any atom is -0.370 e. The predicted molar refractivity (Wildman–Crippen MR) is 97.6 cm³/mol. The van der Waals surface area contributed by atoms with Gasteiger partial charge in [-0.05, 0) is 19.1 Å². The van der Waals surface area contributed by atoms with Crippen LogP contribution in [0.25, 0.3) is 0 Å². The second kappa shape index (κ2) is 9.58. The molecular formula is C12H26IN3S2. The fraction of sp³-hybridized carbons (Fsp3) is 0.917. The molecule has 3 nitrogen and oxygen atoms in total. The van der Waals surface area contributed by atoms with Gasteiger partial charge in [0.25, 0.3) is 0 Å². The molecule has 0 aromatic heterocycles. The Morgan fingerprint density at radius 2 is 1.89 bits per heavy atom. The fourth-order valence-corrected chi connectivity index (χ4v) is 3.62. The quantitative estimate of drug-likeness (QED) is 0.436. The maximum atomic E-state index is 6.08. The Hall–Kier alpha value is 0.700. The SMILES string of the molecule is CCC(CC)(CN=C(N)N1CCSCC1)SC.I. The standard InChI is InChI=1S/C12H25N3S2.HI/c1-4-12(5-2,16-3)10-14-11(13)15-6-8-17-9-7-15;/h4-10H2,1-3H3,(H2,13,14);1H. The number of rotatable bonds is 5. The van der Waals surface area contributed by atoms with Gasteiger partial charge in [-0.25, -0.2) is 0 Å². The lowest BCUT2D eigenvalue weighted by atomic mass is 10.0. The van der Waals surface area contributed by atoms with Crippen molar-refractivity contribution in [1.29, 1.82) is 0 Å². The van der Waals surface area contributed by atoms with E-state index in [1.807, 2.05) is 23.5 Å². The van der Waals surface area contributed by atoms with E-state index in [9.17, 15) is 0 Å². The first kappa shape index (κ1) is 18.7. The summed E-state index contributed by atoms with van der Waals surface area (Å²) in [7, 11) is 0. The van der Waals surface area contributed by atoms with Crippen LogP contribution in [0.2, 0.25) is 0 Å². The smallest absolute Gasteiger partial charge is 0.191 e. The fourth-order valence-electron chi connectivity index (χ4n) is 1.94. The molecule has 108 valence electrons. The molecule has 0 atom stereocenters. The van der Waals surface area contributed by atoms with E-state index in [1.165, 1.54) is 11.5 Å². The van der Waals surface area contributed by atoms with Crippen molar-refractivity contribution in [2.75, 3.05) is 37.4 Å². The molecule has 0 radical (unpaired) electrons. The highest BCUT2D eigenvalue weighted by molar-refractivity contribution is 14.0. The zero-order valence-electron chi connectivity index (χ0n) is 11.6. The monoisotopic (exact) mass is 403 g/mol. The summed E-state index contributed by atoms with van der Waals surface area (Å²) >= 11 is 3.92. The summed E-state index contributed by atoms with van der Waals surface area (Å²) in [6.45, 7) is 7.41. The minimum atomic E-state index is 0. The molecule has 0 aliphatic carbocycles. The first-order chi connectivity index (χ1) is 8.17. The van der Waals surface area contributed by atoms with Crippen molar-refractivity contribution < 1.29 is 0 Å². The molecule has 1 saturated heterocycles. The van der Waals surface area contributed by atoms with E-state index in [2.05, 4.69) is 30.0 Å². The molecule has 0 unspecified atom stereocenters. The average molecular weight is 403 g/mol. The summed E-state index contributed by atoms with van der Waals surface area (Å²) in [5, 5.41) is 0. The van der Waals surface area contributed by atoms with Gasteiger partial charge in [0.05, 0.1) is 6.54 Å². The van der Waals surface area contributed by atoms with Gasteiger partial charge >= 0.3 is 0 Å². The Morgan fingerprint density at radius 1 is 1.33 bits per heavy atom. The van der Waals surface area contributed by atoms with E-state index in [1.54, 1.807) is 0 Å². The van der Waals surface area contributed by atoms with E-state index in [0.717, 1.165) is 38.4 Å². The third kappa shape index (κ3) is 5.36. The number of halogens is 1. The van der Waals surface area contributed by atoms with Crippen LogP contribution in [-0.4, -0.2) is 53.0 Å². The number of guanidine groups is 1. The van der Waals surface area contributed by atoms with Crippen LogP contribution < -0.4 is 5.73 Å². The highest BCUT2D eigenvalue weighted by Crippen LogP contribution is 2.30. The van der Waals surface area contributed by atoms with Gasteiger partial charge in [-0.2, -0.15) is 23.5 Å². The molecule has 1 rings (SSSR count). The molecule has 1 heterocycles. The topological polar surface area (TPSA) is 41.6 Å². The molecule has 0 spiro atoms. The molecule has 0 aromatic carbocycles. The number of aliphatic imine (C=N–C) groups is 1. The van der Waals surface area contributed by atoms with Crippen LogP contribution in [0.3, 0.4) is 0 Å². The highest BCUT2D eigenvalue weighted by Gasteiger charge is 2.25. The van der Waals surface area contributed by atoms with Crippen LogP contribution in [0.15, 0.2) is 4.99 Å². The molecule has 0 aromatic rings. The second-order valence-electron chi connectivity index (χ2n) is 4.37. The van der Waals surface area contributed by atoms with Crippen LogP contribution in [-0.2, 0) is 0 Å². The maximum absolute atomic E-state index is 6.08. The van der Waals surface area contributed by atoms with E-state index >= 15 is 0 Å². The molecule has 6 heteroatoms. The van der Waals surface area contributed by atoms with Crippen LogP contribution in [0.1, 0.15) is 26.7 Å². The molecule has 0 bridgehead atoms. The Balaban J connectivity index is 0.00000289. The van der Waals surface area contributed by atoms with Gasteiger partial charge in [0.2, 0.25) is 0 Å². The molecule has 1 aliphatic heterocycles. The maximum Gasteiger partial charge on any atom is 0.191 e. The lowest BCUT2D eigenvalue weighted by Gasteiger charge is -2.30. The molecule has 1 fully saturated rings. The van der Waals surface area contributed by atoms with E-state index < -0.39 is 0 Å². The van der Waals surface area contributed by atoms with E-state index in [4.69, 9.17) is 5.73 Å². The van der Waals surface area contributed by atoms with Crippen LogP contribution >= 0.6 is 47.5 Å². The zero-order chi connectivity index (χ0) is 12.7. The average Bonchev–Trinajstić information content (AvgIpc) is 2.41. The molecule has 1 aliphatic rings. The summed E-state index contributed by atoms with van der Waals surface area (Å²) in [4.78, 5) is 6.84. The summed E-state index contributed by atoms with van der Waals surface area (Å²) < 4.78 is 0.273. The molecule has 0 amide bonds. The Kier molecular flexibility index (Phi) is 9.95. The van der Waals surface area contributed by atoms with Gasteiger partial charge < -0.3 is 10.6 Å². The van der Waals surface area contributed by atoms with Gasteiger partial charge in [0, 0.05) is 29.3 Å². The number of hydrogen-bond donors (Lipinski definition) is 1. The van der Waals surface area contributed by atoms with Gasteiger partial charge in [-0.15, -0.1) is 24.0 Å². The number of nitrogens with zero attached hydrogens (tertiary/aromatic N) is 2. The van der Waals surface area contributed by atoms with Gasteiger partial charge in [0.15, 0.2) is 5.96 Å². The van der Waals surface area contributed by atoms with Crippen molar-refractivity contribution in [3.63, 3.8) is 0 Å². The Labute approximate surface area is 137 Å². The van der Waals surface area contributed by atoms with E-state index in [0.29, 0.717) is 0 Å². The lowest BCUT2D eigenvalue weighted by molar-refractivity contribution is 0.452. The minimum absolute atomic E-state index is 0. The van der Waals surface area contributed by atoms with Crippen molar-refractivity contribution in [3.05, 3.63) is 0 Å². The predicted octanol–water partition coefficient (Wildman–Crippen LogP) is 2.89. The van der Waals surface area contributed by atoms with Crippen molar-refractivity contribution >= 4 is 53.5 Å². The van der Waals surface area contributed by atoms with Crippen molar-refractivity contribution in [2.24, 2.45) is 10.7 Å². The molecular weight excluding hydrogens is 377 g/mol. The summed E-state index contributed by atoms with van der Waals surface area (Å²) in [6.07, 6.45) is 4.48. The lowest BCUT2D eigenvalue weighted by Crippen LogP contribution is -2.43. The number of nitrogens with two attached hydrogens (primary N) is 1. The van der Waals surface area contributed by atoms with Crippen molar-refractivity contribution in [3.8, 4) is 0 Å². The van der Waals surface area contributed by atoms with Gasteiger partial charge in [-0.3, -0.25) is 4.99 Å². The third-order valence-corrected chi connectivity index (χ3v) is 6.10. The Bertz CT molecular complexity index is 243. The number of thioether (sulfide) groups is 2. The molecule has 18 heavy (non-hydrogen) atoms.